The van der Waals surface area contributed by atoms with Gasteiger partial charge in [0.2, 0.25) is 0 Å². The molecule has 0 saturated carbocycles. The normalized spacial score (nSPS) is 10.8. The van der Waals surface area contributed by atoms with Crippen molar-refractivity contribution in [2.75, 3.05) is 12.8 Å². The molecule has 96 valence electrons. The van der Waals surface area contributed by atoms with E-state index < -0.39 is 0 Å². The fraction of sp³-hybridized carbons (Fsp3) is 0.0714. The minimum absolute atomic E-state index is 0.653. The summed E-state index contributed by atoms with van der Waals surface area (Å²) in [6.45, 7) is 0. The van der Waals surface area contributed by atoms with Crippen LogP contribution in [0.5, 0.6) is 5.75 Å². The molecule has 0 amide bonds. The molecule has 0 saturated heterocycles. The molecule has 0 bridgehead atoms. The molecule has 3 N–H and O–H groups in total. The summed E-state index contributed by atoms with van der Waals surface area (Å²) >= 11 is 5.96. The molecule has 1 heterocycles. The average molecular weight is 274 g/mol. The quantitative estimate of drug-likeness (QED) is 0.703. The number of aromatic nitrogens is 2. The zero-order chi connectivity index (χ0) is 13.4. The number of methoxy groups -OCH3 is 1. The minimum atomic E-state index is 0.653. The summed E-state index contributed by atoms with van der Waals surface area (Å²) in [5.74, 6) is 1.42. The zero-order valence-corrected chi connectivity index (χ0v) is 11.0. The van der Waals surface area contributed by atoms with Gasteiger partial charge in [-0.25, -0.2) is 4.98 Å². The monoisotopic (exact) mass is 273 g/mol. The van der Waals surface area contributed by atoms with Crippen molar-refractivity contribution < 1.29 is 4.74 Å². The number of nitrogens with one attached hydrogen (secondary N) is 1. The van der Waals surface area contributed by atoms with Gasteiger partial charge in [-0.15, -0.1) is 0 Å². The number of hydrogen-bond acceptors (Lipinski definition) is 3. The van der Waals surface area contributed by atoms with Crippen LogP contribution < -0.4 is 10.5 Å². The minimum Gasteiger partial charge on any atom is -0.496 e. The van der Waals surface area contributed by atoms with E-state index in [1.54, 1.807) is 13.2 Å². The predicted molar refractivity (Wildman–Crippen MR) is 77.5 cm³/mol. The molecular weight excluding hydrogens is 262 g/mol. The lowest BCUT2D eigenvalue weighted by Crippen LogP contribution is -1.92. The SMILES string of the molecule is COc1cc(N)ccc1-c1nc2ccc(Cl)cc2[nH]1. The third kappa shape index (κ3) is 2.11. The van der Waals surface area contributed by atoms with Crippen LogP contribution in [-0.2, 0) is 0 Å². The van der Waals surface area contributed by atoms with E-state index in [9.17, 15) is 0 Å². The second-order valence-electron chi connectivity index (χ2n) is 4.21. The summed E-state index contributed by atoms with van der Waals surface area (Å²) < 4.78 is 5.33. The van der Waals surface area contributed by atoms with Crippen LogP contribution in [0.15, 0.2) is 36.4 Å². The van der Waals surface area contributed by atoms with Crippen LogP contribution in [-0.4, -0.2) is 17.1 Å². The number of anilines is 1. The van der Waals surface area contributed by atoms with Crippen LogP contribution >= 0.6 is 11.6 Å². The highest BCUT2D eigenvalue weighted by Gasteiger charge is 2.11. The highest BCUT2D eigenvalue weighted by molar-refractivity contribution is 6.31. The molecule has 0 aliphatic carbocycles. The Morgan fingerprint density at radius 3 is 2.84 bits per heavy atom. The van der Waals surface area contributed by atoms with E-state index in [0.717, 1.165) is 22.4 Å². The van der Waals surface area contributed by atoms with Crippen molar-refractivity contribution in [2.45, 2.75) is 0 Å². The highest BCUT2D eigenvalue weighted by Crippen LogP contribution is 2.31. The molecular formula is C14H12ClN3O. The van der Waals surface area contributed by atoms with Gasteiger partial charge in [-0.05, 0) is 30.3 Å². The molecule has 2 aromatic carbocycles. The Kier molecular flexibility index (Phi) is 2.80. The Morgan fingerprint density at radius 1 is 1.21 bits per heavy atom. The van der Waals surface area contributed by atoms with Crippen molar-refractivity contribution in [1.82, 2.24) is 9.97 Å². The first kappa shape index (κ1) is 11.9. The third-order valence-electron chi connectivity index (χ3n) is 2.92. The number of fused-ring (bicyclic) bond motifs is 1. The molecule has 4 nitrogen and oxygen atoms in total. The number of H-pyrrole nitrogens is 1. The van der Waals surface area contributed by atoms with Crippen LogP contribution in [0.2, 0.25) is 5.02 Å². The first-order chi connectivity index (χ1) is 9.17. The summed E-state index contributed by atoms with van der Waals surface area (Å²) in [5.41, 5.74) is 9.02. The summed E-state index contributed by atoms with van der Waals surface area (Å²) in [5, 5.41) is 0.673. The van der Waals surface area contributed by atoms with Crippen molar-refractivity contribution in [1.29, 1.82) is 0 Å². The van der Waals surface area contributed by atoms with E-state index in [-0.39, 0.29) is 0 Å². The molecule has 0 atom stereocenters. The van der Waals surface area contributed by atoms with Crippen molar-refractivity contribution in [3.63, 3.8) is 0 Å². The van der Waals surface area contributed by atoms with Gasteiger partial charge in [0.05, 0.1) is 23.7 Å². The molecule has 0 spiro atoms. The van der Waals surface area contributed by atoms with Crippen LogP contribution in [0, 0.1) is 0 Å². The fourth-order valence-electron chi connectivity index (χ4n) is 2.01. The molecule has 3 rings (SSSR count). The van der Waals surface area contributed by atoms with Crippen LogP contribution in [0.1, 0.15) is 0 Å². The molecule has 0 fully saturated rings. The molecule has 0 aliphatic rings. The topological polar surface area (TPSA) is 63.9 Å². The molecule has 19 heavy (non-hydrogen) atoms. The van der Waals surface area contributed by atoms with Crippen molar-refractivity contribution in [3.05, 3.63) is 41.4 Å². The van der Waals surface area contributed by atoms with E-state index in [0.29, 0.717) is 16.5 Å². The van der Waals surface area contributed by atoms with E-state index in [1.165, 1.54) is 0 Å². The van der Waals surface area contributed by atoms with Gasteiger partial charge in [-0.3, -0.25) is 0 Å². The number of halogens is 1. The molecule has 0 radical (unpaired) electrons. The van der Waals surface area contributed by atoms with Gasteiger partial charge >= 0.3 is 0 Å². The summed E-state index contributed by atoms with van der Waals surface area (Å²) in [6, 6.07) is 11.0. The Bertz CT molecular complexity index is 752. The number of nitrogens with two attached hydrogens (primary N) is 1. The molecule has 5 heteroatoms. The number of ether oxygens (including phenoxy) is 1. The number of imidazole rings is 1. The van der Waals surface area contributed by atoms with E-state index >= 15 is 0 Å². The Morgan fingerprint density at radius 2 is 2.05 bits per heavy atom. The first-order valence-corrected chi connectivity index (χ1v) is 6.14. The molecule has 0 unspecified atom stereocenters. The van der Waals surface area contributed by atoms with Crippen molar-refractivity contribution in [3.8, 4) is 17.1 Å². The van der Waals surface area contributed by atoms with Gasteiger partial charge in [0.25, 0.3) is 0 Å². The predicted octanol–water partition coefficient (Wildman–Crippen LogP) is 3.47. The van der Waals surface area contributed by atoms with Crippen molar-refractivity contribution in [2.24, 2.45) is 0 Å². The largest absolute Gasteiger partial charge is 0.496 e. The van der Waals surface area contributed by atoms with Gasteiger partial charge in [0, 0.05) is 16.8 Å². The highest BCUT2D eigenvalue weighted by atomic mass is 35.5. The number of aromatic amines is 1. The van der Waals surface area contributed by atoms with E-state index in [2.05, 4.69) is 9.97 Å². The van der Waals surface area contributed by atoms with Gasteiger partial charge in [0.1, 0.15) is 11.6 Å². The number of nitrogen functional groups attached to an aromatic ring is 1. The van der Waals surface area contributed by atoms with E-state index in [4.69, 9.17) is 22.1 Å². The first-order valence-electron chi connectivity index (χ1n) is 5.76. The molecule has 0 aliphatic heterocycles. The zero-order valence-electron chi connectivity index (χ0n) is 10.3. The Hall–Kier alpha value is -2.20. The lowest BCUT2D eigenvalue weighted by molar-refractivity contribution is 0.416. The van der Waals surface area contributed by atoms with Crippen LogP contribution in [0.4, 0.5) is 5.69 Å². The smallest absolute Gasteiger partial charge is 0.142 e. The maximum atomic E-state index is 5.96. The molecule has 1 aromatic heterocycles. The Balaban J connectivity index is 2.18. The maximum absolute atomic E-state index is 5.96. The average Bonchev–Trinajstić information content (AvgIpc) is 2.81. The number of benzene rings is 2. The van der Waals surface area contributed by atoms with Gasteiger partial charge in [-0.2, -0.15) is 0 Å². The lowest BCUT2D eigenvalue weighted by atomic mass is 10.1. The van der Waals surface area contributed by atoms with Crippen LogP contribution in [0.25, 0.3) is 22.4 Å². The maximum Gasteiger partial charge on any atom is 0.142 e. The van der Waals surface area contributed by atoms with Gasteiger partial charge < -0.3 is 15.5 Å². The standard InChI is InChI=1S/C14H12ClN3O/c1-19-13-7-9(16)3-4-10(13)14-17-11-5-2-8(15)6-12(11)18-14/h2-7H,16H2,1H3,(H,17,18). The van der Waals surface area contributed by atoms with E-state index in [1.807, 2.05) is 30.3 Å². The second kappa shape index (κ2) is 4.48. The van der Waals surface area contributed by atoms with Gasteiger partial charge in [-0.1, -0.05) is 11.6 Å². The number of nitrogens with zero attached hydrogens (tertiary/aromatic N) is 1. The summed E-state index contributed by atoms with van der Waals surface area (Å²) in [7, 11) is 1.61. The van der Waals surface area contributed by atoms with Gasteiger partial charge in [0.15, 0.2) is 0 Å². The van der Waals surface area contributed by atoms with Crippen molar-refractivity contribution >= 4 is 28.3 Å². The number of rotatable bonds is 2. The Labute approximate surface area is 115 Å². The lowest BCUT2D eigenvalue weighted by Gasteiger charge is -2.06. The summed E-state index contributed by atoms with van der Waals surface area (Å²) in [6.07, 6.45) is 0. The fourth-order valence-corrected chi connectivity index (χ4v) is 2.18. The summed E-state index contributed by atoms with van der Waals surface area (Å²) in [4.78, 5) is 7.76. The third-order valence-corrected chi connectivity index (χ3v) is 3.16. The van der Waals surface area contributed by atoms with Crippen LogP contribution in [0.3, 0.4) is 0 Å². The second-order valence-corrected chi connectivity index (χ2v) is 4.64. The molecule has 3 aromatic rings. The number of hydrogen-bond donors (Lipinski definition) is 2.